The highest BCUT2D eigenvalue weighted by atomic mass is 16.4. The molecular weight excluding hydrogens is 534 g/mol. The summed E-state index contributed by atoms with van der Waals surface area (Å²) >= 11 is 0. The highest BCUT2D eigenvalue weighted by Gasteiger charge is 2.31. The zero-order chi connectivity index (χ0) is 30.7. The molecule has 0 radical (unpaired) electrons. The van der Waals surface area contributed by atoms with Crippen LogP contribution in [-0.2, 0) is 36.8 Å². The minimum Gasteiger partial charge on any atom is -0.508 e. The van der Waals surface area contributed by atoms with Crippen molar-refractivity contribution in [3.8, 4) is 11.5 Å². The van der Waals surface area contributed by atoms with Crippen LogP contribution in [0.1, 0.15) is 37.8 Å². The largest absolute Gasteiger partial charge is 0.508 e. The highest BCUT2D eigenvalue weighted by Crippen LogP contribution is 2.14. The van der Waals surface area contributed by atoms with E-state index >= 15 is 0 Å². The van der Waals surface area contributed by atoms with Crippen LogP contribution in [-0.4, -0.2) is 69.1 Å². The van der Waals surface area contributed by atoms with Crippen LogP contribution >= 0.6 is 0 Å². The Morgan fingerprint density at radius 2 is 1.15 bits per heavy atom. The van der Waals surface area contributed by atoms with E-state index in [1.165, 1.54) is 24.3 Å². The minimum absolute atomic E-state index is 0.00678. The first-order valence-corrected chi connectivity index (χ1v) is 13.0. The Kier molecular flexibility index (Phi) is 12.1. The van der Waals surface area contributed by atoms with Gasteiger partial charge in [0.15, 0.2) is 0 Å². The Balaban J connectivity index is 2.24. The molecule has 0 aromatic heterocycles. The second-order valence-corrected chi connectivity index (χ2v) is 10.2. The van der Waals surface area contributed by atoms with Crippen molar-refractivity contribution in [2.24, 2.45) is 17.4 Å². The summed E-state index contributed by atoms with van der Waals surface area (Å²) in [4.78, 5) is 62.2. The summed E-state index contributed by atoms with van der Waals surface area (Å²) in [5.41, 5.74) is 12.5. The molecule has 10 N–H and O–H groups in total. The smallest absolute Gasteiger partial charge is 0.326 e. The summed E-state index contributed by atoms with van der Waals surface area (Å²) in [5.74, 6) is -4.64. The van der Waals surface area contributed by atoms with Crippen LogP contribution in [0.2, 0.25) is 0 Å². The number of rotatable bonds is 15. The lowest BCUT2D eigenvalue weighted by atomic mass is 10.00. The predicted molar refractivity (Wildman–Crippen MR) is 148 cm³/mol. The Morgan fingerprint density at radius 1 is 0.707 bits per heavy atom. The van der Waals surface area contributed by atoms with Crippen LogP contribution in [0.15, 0.2) is 48.5 Å². The van der Waals surface area contributed by atoms with Gasteiger partial charge in [-0.05, 0) is 54.2 Å². The van der Waals surface area contributed by atoms with E-state index in [-0.39, 0.29) is 36.7 Å². The number of phenolic OH excluding ortho intramolecular Hbond substituents is 2. The van der Waals surface area contributed by atoms with Gasteiger partial charge in [0, 0.05) is 6.42 Å². The van der Waals surface area contributed by atoms with Crippen molar-refractivity contribution in [2.75, 3.05) is 0 Å². The van der Waals surface area contributed by atoms with Gasteiger partial charge in [0.1, 0.15) is 29.6 Å². The molecule has 4 amide bonds. The number of carbonyl (C=O) groups excluding carboxylic acids is 4. The van der Waals surface area contributed by atoms with E-state index in [1.807, 2.05) is 0 Å². The summed E-state index contributed by atoms with van der Waals surface area (Å²) in [7, 11) is 0. The van der Waals surface area contributed by atoms with E-state index in [0.29, 0.717) is 11.1 Å². The standard InChI is InChI=1S/C28H37N5O8/c1-15(2)11-21(26(38)33-23(28(40)41)14-24(30)36)32-27(39)22(13-17-5-9-19(35)10-6-17)31-25(37)20(29)12-16-3-7-18(34)8-4-16/h3-10,15,20-23,34-35H,11-14,29H2,1-2H3,(H2,30,36)(H,31,37)(H,32,39)(H,33,38)(H,40,41). The van der Waals surface area contributed by atoms with Gasteiger partial charge in [-0.3, -0.25) is 19.2 Å². The number of benzene rings is 2. The summed E-state index contributed by atoms with van der Waals surface area (Å²) in [6.07, 6.45) is -0.406. The van der Waals surface area contributed by atoms with Gasteiger partial charge in [0.05, 0.1) is 12.5 Å². The molecule has 0 saturated carbocycles. The third kappa shape index (κ3) is 11.2. The molecule has 0 fully saturated rings. The lowest BCUT2D eigenvalue weighted by molar-refractivity contribution is -0.143. The van der Waals surface area contributed by atoms with Gasteiger partial charge in [-0.25, -0.2) is 4.79 Å². The number of hydrogen-bond acceptors (Lipinski definition) is 8. The van der Waals surface area contributed by atoms with Gasteiger partial charge in [-0.1, -0.05) is 38.1 Å². The number of carboxylic acids is 1. The first-order chi connectivity index (χ1) is 19.2. The molecule has 0 bridgehead atoms. The molecule has 4 atom stereocenters. The third-order valence-corrected chi connectivity index (χ3v) is 6.10. The van der Waals surface area contributed by atoms with E-state index in [2.05, 4.69) is 16.0 Å². The number of amides is 4. The molecule has 2 aromatic carbocycles. The van der Waals surface area contributed by atoms with Crippen LogP contribution in [0.4, 0.5) is 0 Å². The molecule has 13 nitrogen and oxygen atoms in total. The number of aromatic hydroxyl groups is 2. The van der Waals surface area contributed by atoms with Gasteiger partial charge >= 0.3 is 5.97 Å². The van der Waals surface area contributed by atoms with E-state index in [4.69, 9.17) is 11.5 Å². The molecule has 0 heterocycles. The molecule has 222 valence electrons. The molecule has 41 heavy (non-hydrogen) atoms. The molecule has 0 spiro atoms. The van der Waals surface area contributed by atoms with Crippen LogP contribution in [0.5, 0.6) is 11.5 Å². The number of phenols is 2. The van der Waals surface area contributed by atoms with Crippen molar-refractivity contribution in [1.29, 1.82) is 0 Å². The monoisotopic (exact) mass is 571 g/mol. The average molecular weight is 572 g/mol. The lowest BCUT2D eigenvalue weighted by Gasteiger charge is -2.26. The quantitative estimate of drug-likeness (QED) is 0.140. The van der Waals surface area contributed by atoms with E-state index in [9.17, 15) is 39.3 Å². The lowest BCUT2D eigenvalue weighted by Crippen LogP contribution is -2.58. The first-order valence-electron chi connectivity index (χ1n) is 13.0. The minimum atomic E-state index is -1.59. The number of aliphatic carboxylic acids is 1. The van der Waals surface area contributed by atoms with E-state index in [0.717, 1.165) is 0 Å². The number of nitrogens with one attached hydrogen (secondary N) is 3. The molecular formula is C28H37N5O8. The zero-order valence-electron chi connectivity index (χ0n) is 22.9. The summed E-state index contributed by atoms with van der Waals surface area (Å²) < 4.78 is 0. The van der Waals surface area contributed by atoms with Crippen molar-refractivity contribution in [2.45, 2.75) is 63.7 Å². The fraction of sp³-hybridized carbons (Fsp3) is 0.393. The van der Waals surface area contributed by atoms with Crippen LogP contribution in [0, 0.1) is 5.92 Å². The molecule has 0 aliphatic rings. The maximum absolute atomic E-state index is 13.4. The van der Waals surface area contributed by atoms with Crippen molar-refractivity contribution in [1.82, 2.24) is 16.0 Å². The SMILES string of the molecule is CC(C)CC(NC(=O)C(Cc1ccc(O)cc1)NC(=O)C(N)Cc1ccc(O)cc1)C(=O)NC(CC(N)=O)C(=O)O. The molecule has 0 aliphatic carbocycles. The van der Waals surface area contributed by atoms with E-state index < -0.39 is 60.2 Å². The van der Waals surface area contributed by atoms with Crippen LogP contribution in [0.3, 0.4) is 0 Å². The third-order valence-electron chi connectivity index (χ3n) is 6.10. The maximum Gasteiger partial charge on any atom is 0.326 e. The second-order valence-electron chi connectivity index (χ2n) is 10.2. The van der Waals surface area contributed by atoms with Crippen molar-refractivity contribution >= 4 is 29.6 Å². The summed E-state index contributed by atoms with van der Waals surface area (Å²) in [5, 5.41) is 35.9. The van der Waals surface area contributed by atoms with Gasteiger partial charge in [0.2, 0.25) is 23.6 Å². The van der Waals surface area contributed by atoms with Gasteiger partial charge in [0.25, 0.3) is 0 Å². The topological polar surface area (TPSA) is 234 Å². The number of hydrogen-bond donors (Lipinski definition) is 8. The van der Waals surface area contributed by atoms with Gasteiger partial charge < -0.3 is 42.7 Å². The number of carbonyl (C=O) groups is 5. The molecule has 0 aliphatic heterocycles. The van der Waals surface area contributed by atoms with Gasteiger partial charge in [-0.2, -0.15) is 0 Å². The normalized spacial score (nSPS) is 13.9. The van der Waals surface area contributed by atoms with Crippen molar-refractivity contribution < 1.29 is 39.3 Å². The zero-order valence-corrected chi connectivity index (χ0v) is 22.9. The van der Waals surface area contributed by atoms with Crippen molar-refractivity contribution in [3.63, 3.8) is 0 Å². The average Bonchev–Trinajstić information content (AvgIpc) is 2.89. The molecule has 2 aromatic rings. The highest BCUT2D eigenvalue weighted by molar-refractivity contribution is 5.95. The van der Waals surface area contributed by atoms with E-state index in [1.54, 1.807) is 38.1 Å². The number of carboxylic acid groups (broad SMARTS) is 1. The van der Waals surface area contributed by atoms with Crippen LogP contribution < -0.4 is 27.4 Å². The van der Waals surface area contributed by atoms with Crippen LogP contribution in [0.25, 0.3) is 0 Å². The summed E-state index contributed by atoms with van der Waals surface area (Å²) in [6.45, 7) is 3.59. The molecule has 0 saturated heterocycles. The van der Waals surface area contributed by atoms with Crippen molar-refractivity contribution in [3.05, 3.63) is 59.7 Å². The van der Waals surface area contributed by atoms with Gasteiger partial charge in [-0.15, -0.1) is 0 Å². The molecule has 4 unspecified atom stereocenters. The predicted octanol–water partition coefficient (Wildman–Crippen LogP) is -0.329. The number of primary amides is 1. The maximum atomic E-state index is 13.4. The molecule has 13 heteroatoms. The number of nitrogens with two attached hydrogens (primary N) is 2. The Bertz CT molecular complexity index is 1220. The molecule has 2 rings (SSSR count). The fourth-order valence-electron chi connectivity index (χ4n) is 3.98. The first kappa shape index (κ1) is 32.6. The second kappa shape index (κ2) is 15.2. The Hall–Kier alpha value is -4.65. The summed E-state index contributed by atoms with van der Waals surface area (Å²) in [6, 6.07) is 7.09. The Morgan fingerprint density at radius 3 is 1.61 bits per heavy atom. The fourth-order valence-corrected chi connectivity index (χ4v) is 3.98. The Labute approximate surface area is 237 Å².